The number of benzene rings is 1. The Balaban J connectivity index is 0.00000441. The molecule has 0 aliphatic rings. The highest BCUT2D eigenvalue weighted by Gasteiger charge is 2.18. The second kappa shape index (κ2) is 9.50. The number of carbonyl (C=O) groups excluding carboxylic acids is 1. The van der Waals surface area contributed by atoms with E-state index in [1.165, 1.54) is 5.56 Å². The molecule has 1 atom stereocenters. The van der Waals surface area contributed by atoms with Crippen molar-refractivity contribution in [2.24, 2.45) is 5.92 Å². The molecule has 0 fully saturated rings. The lowest BCUT2D eigenvalue weighted by Crippen LogP contribution is -3.00. The molecule has 0 bridgehead atoms. The van der Waals surface area contributed by atoms with Crippen molar-refractivity contribution in [3.63, 3.8) is 0 Å². The van der Waals surface area contributed by atoms with E-state index in [-0.39, 0.29) is 35.9 Å². The van der Waals surface area contributed by atoms with Crippen LogP contribution in [-0.4, -0.2) is 44.7 Å². The number of hydrogen-bond acceptors (Lipinski definition) is 2. The maximum atomic E-state index is 12.1. The molecule has 0 aromatic heterocycles. The van der Waals surface area contributed by atoms with Crippen LogP contribution in [0.4, 0.5) is 0 Å². The zero-order valence-electron chi connectivity index (χ0n) is 14.7. The maximum Gasteiger partial charge on any atom is 0.313 e. The van der Waals surface area contributed by atoms with E-state index < -0.39 is 0 Å². The highest BCUT2D eigenvalue weighted by Crippen LogP contribution is 2.18. The highest BCUT2D eigenvalue weighted by molar-refractivity contribution is 5.77. The number of ether oxygens (including phenoxy) is 1. The summed E-state index contributed by atoms with van der Waals surface area (Å²) in [6.07, 6.45) is 1.07. The van der Waals surface area contributed by atoms with Gasteiger partial charge in [-0.05, 0) is 30.4 Å². The second-order valence-electron chi connectivity index (χ2n) is 7.24. The molecule has 1 aromatic carbocycles. The Morgan fingerprint density at radius 1 is 1.09 bits per heavy atom. The van der Waals surface area contributed by atoms with Gasteiger partial charge in [-0.3, -0.25) is 4.79 Å². The number of likely N-dealkylation sites (N-methyl/N-ethyl adjacent to an activating group) is 1. The molecule has 0 aliphatic heterocycles. The van der Waals surface area contributed by atoms with E-state index in [1.807, 2.05) is 19.1 Å². The van der Waals surface area contributed by atoms with Gasteiger partial charge in [0.25, 0.3) is 0 Å². The van der Waals surface area contributed by atoms with Crippen LogP contribution in [0.5, 0.6) is 0 Å². The van der Waals surface area contributed by atoms with Crippen LogP contribution in [0, 0.1) is 5.92 Å². The summed E-state index contributed by atoms with van der Waals surface area (Å²) in [5.41, 5.74) is 2.34. The third kappa shape index (κ3) is 8.13. The van der Waals surface area contributed by atoms with Crippen molar-refractivity contribution in [2.45, 2.75) is 33.1 Å². The molecule has 0 saturated carbocycles. The molecule has 0 aliphatic carbocycles. The van der Waals surface area contributed by atoms with Crippen molar-refractivity contribution in [3.8, 4) is 0 Å². The molecule has 1 rings (SSSR count). The van der Waals surface area contributed by atoms with Gasteiger partial charge in [-0.25, -0.2) is 0 Å². The van der Waals surface area contributed by atoms with Crippen LogP contribution in [0.15, 0.2) is 24.3 Å². The van der Waals surface area contributed by atoms with E-state index in [9.17, 15) is 4.79 Å². The number of esters is 1. The summed E-state index contributed by atoms with van der Waals surface area (Å²) in [5, 5.41) is 0. The summed E-state index contributed by atoms with van der Waals surface area (Å²) in [6, 6.07) is 8.32. The van der Waals surface area contributed by atoms with Gasteiger partial charge in [0, 0.05) is 0 Å². The molecular weight excluding hydrogens is 389 g/mol. The van der Waals surface area contributed by atoms with E-state index in [0.29, 0.717) is 12.5 Å². The topological polar surface area (TPSA) is 26.3 Å². The van der Waals surface area contributed by atoms with E-state index in [0.717, 1.165) is 23.0 Å². The molecule has 22 heavy (non-hydrogen) atoms. The number of nitrogens with zero attached hydrogens (tertiary/aromatic N) is 1. The van der Waals surface area contributed by atoms with Crippen LogP contribution < -0.4 is 24.0 Å². The zero-order chi connectivity index (χ0) is 16.0. The Kier molecular flexibility index (Phi) is 9.24. The normalized spacial score (nSPS) is 12.7. The lowest BCUT2D eigenvalue weighted by atomic mass is 9.97. The van der Waals surface area contributed by atoms with Crippen LogP contribution in [0.3, 0.4) is 0 Å². The first kappa shape index (κ1) is 21.4. The van der Waals surface area contributed by atoms with E-state index in [4.69, 9.17) is 4.74 Å². The number of halogens is 1. The molecule has 0 heterocycles. The summed E-state index contributed by atoms with van der Waals surface area (Å²) in [6.45, 7) is 7.62. The lowest BCUT2D eigenvalue weighted by molar-refractivity contribution is -0.870. The summed E-state index contributed by atoms with van der Waals surface area (Å²) in [7, 11) is 6.26. The van der Waals surface area contributed by atoms with Crippen molar-refractivity contribution in [3.05, 3.63) is 35.4 Å². The van der Waals surface area contributed by atoms with Crippen molar-refractivity contribution in [1.29, 1.82) is 0 Å². The van der Waals surface area contributed by atoms with Crippen molar-refractivity contribution >= 4 is 5.97 Å². The Morgan fingerprint density at radius 2 is 1.64 bits per heavy atom. The van der Waals surface area contributed by atoms with Crippen LogP contribution in [-0.2, 0) is 16.0 Å². The van der Waals surface area contributed by atoms with Gasteiger partial charge in [0.05, 0.1) is 27.1 Å². The van der Waals surface area contributed by atoms with Crippen molar-refractivity contribution in [2.75, 3.05) is 34.3 Å². The quantitative estimate of drug-likeness (QED) is 0.360. The van der Waals surface area contributed by atoms with Gasteiger partial charge < -0.3 is 33.2 Å². The lowest BCUT2D eigenvalue weighted by Gasteiger charge is -2.23. The van der Waals surface area contributed by atoms with Gasteiger partial charge in [-0.1, -0.05) is 38.1 Å². The van der Waals surface area contributed by atoms with Gasteiger partial charge in [0.1, 0.15) is 13.2 Å². The molecule has 0 radical (unpaired) electrons. The fourth-order valence-electron chi connectivity index (χ4n) is 2.09. The highest BCUT2D eigenvalue weighted by atomic mass is 127. The number of hydrogen-bond donors (Lipinski definition) is 0. The van der Waals surface area contributed by atoms with Gasteiger partial charge in [0.15, 0.2) is 0 Å². The van der Waals surface area contributed by atoms with Crippen LogP contribution in [0.2, 0.25) is 0 Å². The molecule has 0 N–H and O–H groups in total. The van der Waals surface area contributed by atoms with Gasteiger partial charge in [0.2, 0.25) is 0 Å². The zero-order valence-corrected chi connectivity index (χ0v) is 16.9. The van der Waals surface area contributed by atoms with Crippen LogP contribution in [0.1, 0.15) is 37.8 Å². The minimum atomic E-state index is -0.203. The average molecular weight is 419 g/mol. The van der Waals surface area contributed by atoms with Crippen molar-refractivity contribution < 1.29 is 38.0 Å². The van der Waals surface area contributed by atoms with Crippen LogP contribution >= 0.6 is 0 Å². The van der Waals surface area contributed by atoms with Gasteiger partial charge in [-0.15, -0.1) is 0 Å². The predicted octanol–water partition coefficient (Wildman–Crippen LogP) is 0.242. The Hall–Kier alpha value is -0.620. The fourth-order valence-corrected chi connectivity index (χ4v) is 2.09. The predicted molar refractivity (Wildman–Crippen MR) is 87.3 cm³/mol. The SMILES string of the molecule is CC(C)Cc1ccc(C(C)C(=O)OCC[N+](C)(C)C)cc1.[I-]. The smallest absolute Gasteiger partial charge is 0.313 e. The molecule has 3 nitrogen and oxygen atoms in total. The minimum Gasteiger partial charge on any atom is -1.00 e. The maximum absolute atomic E-state index is 12.1. The molecule has 126 valence electrons. The molecule has 0 saturated heterocycles. The average Bonchev–Trinajstić information content (AvgIpc) is 2.36. The summed E-state index contributed by atoms with van der Waals surface area (Å²) < 4.78 is 6.17. The molecule has 0 amide bonds. The van der Waals surface area contributed by atoms with E-state index in [1.54, 1.807) is 0 Å². The van der Waals surface area contributed by atoms with Crippen LogP contribution in [0.25, 0.3) is 0 Å². The van der Waals surface area contributed by atoms with E-state index in [2.05, 4.69) is 47.1 Å². The largest absolute Gasteiger partial charge is 1.00 e. The van der Waals surface area contributed by atoms with E-state index >= 15 is 0 Å². The monoisotopic (exact) mass is 419 g/mol. The van der Waals surface area contributed by atoms with Gasteiger partial charge in [-0.2, -0.15) is 0 Å². The third-order valence-corrected chi connectivity index (χ3v) is 3.48. The standard InChI is InChI=1S/C18H30NO2.HI/c1-14(2)13-16-7-9-17(10-8-16)15(3)18(20)21-12-11-19(4,5)6;/h7-10,14-15H,11-13H2,1-6H3;1H/q+1;/p-1. The summed E-state index contributed by atoms with van der Waals surface area (Å²) in [4.78, 5) is 12.1. The first-order chi connectivity index (χ1) is 9.69. The molecule has 1 aromatic rings. The summed E-state index contributed by atoms with van der Waals surface area (Å²) >= 11 is 0. The summed E-state index contributed by atoms with van der Waals surface area (Å²) in [5.74, 6) is 0.305. The van der Waals surface area contributed by atoms with Crippen molar-refractivity contribution in [1.82, 2.24) is 0 Å². The Labute approximate surface area is 152 Å². The molecular formula is C18H30INO2. The Morgan fingerprint density at radius 3 is 2.09 bits per heavy atom. The fraction of sp³-hybridized carbons (Fsp3) is 0.611. The first-order valence-corrected chi connectivity index (χ1v) is 7.75. The minimum absolute atomic E-state index is 0. The molecule has 4 heteroatoms. The Bertz CT molecular complexity index is 449. The van der Waals surface area contributed by atoms with Gasteiger partial charge >= 0.3 is 5.97 Å². The first-order valence-electron chi connectivity index (χ1n) is 7.75. The molecule has 0 spiro atoms. The number of carbonyl (C=O) groups is 1. The number of rotatable bonds is 7. The third-order valence-electron chi connectivity index (χ3n) is 3.48. The second-order valence-corrected chi connectivity index (χ2v) is 7.24. The molecule has 1 unspecified atom stereocenters. The number of quaternary nitrogens is 1.